The largest absolute Gasteiger partial charge is 0.497 e. The van der Waals surface area contributed by atoms with Crippen LogP contribution in [0.15, 0.2) is 78.9 Å². The Bertz CT molecular complexity index is 1050. The number of methoxy groups -OCH3 is 2. The number of hydrogen-bond donors (Lipinski definition) is 1. The van der Waals surface area contributed by atoms with Crippen LogP contribution in [0.25, 0.3) is 0 Å². The summed E-state index contributed by atoms with van der Waals surface area (Å²) in [5.74, 6) is 1.07. The molecule has 0 bridgehead atoms. The minimum Gasteiger partial charge on any atom is -0.497 e. The molecule has 0 saturated carbocycles. The second-order valence-electron chi connectivity index (χ2n) is 7.73. The van der Waals surface area contributed by atoms with Gasteiger partial charge in [-0.1, -0.05) is 60.7 Å². The Morgan fingerprint density at radius 1 is 0.848 bits per heavy atom. The monoisotopic (exact) mass is 446 g/mol. The molecule has 2 amide bonds. The van der Waals surface area contributed by atoms with E-state index in [1.807, 2.05) is 78.9 Å². The molecule has 0 fully saturated rings. The summed E-state index contributed by atoms with van der Waals surface area (Å²) >= 11 is 0. The van der Waals surface area contributed by atoms with Crippen molar-refractivity contribution in [1.29, 1.82) is 0 Å². The Morgan fingerprint density at radius 3 is 2.15 bits per heavy atom. The van der Waals surface area contributed by atoms with Crippen LogP contribution in [-0.2, 0) is 29.1 Å². The number of benzene rings is 3. The Labute approximate surface area is 195 Å². The molecule has 0 aliphatic heterocycles. The first kappa shape index (κ1) is 23.9. The molecule has 0 aliphatic rings. The van der Waals surface area contributed by atoms with Crippen LogP contribution in [0.5, 0.6) is 11.5 Å². The first-order chi connectivity index (χ1) is 16.0. The summed E-state index contributed by atoms with van der Waals surface area (Å²) in [6.45, 7) is 2.12. The predicted molar refractivity (Wildman–Crippen MR) is 128 cm³/mol. The first-order valence-electron chi connectivity index (χ1n) is 10.9. The number of nitrogens with zero attached hydrogens (tertiary/aromatic N) is 1. The zero-order valence-electron chi connectivity index (χ0n) is 19.3. The zero-order valence-corrected chi connectivity index (χ0v) is 19.3. The lowest BCUT2D eigenvalue weighted by Crippen LogP contribution is -2.49. The Kier molecular flexibility index (Phi) is 8.47. The van der Waals surface area contributed by atoms with Gasteiger partial charge in [0, 0.05) is 32.0 Å². The average Bonchev–Trinajstić information content (AvgIpc) is 2.85. The lowest BCUT2D eigenvalue weighted by Gasteiger charge is -2.30. The van der Waals surface area contributed by atoms with Gasteiger partial charge in [0.05, 0.1) is 14.2 Å². The van der Waals surface area contributed by atoms with Gasteiger partial charge in [-0.05, 0) is 29.3 Å². The van der Waals surface area contributed by atoms with E-state index in [4.69, 9.17) is 9.47 Å². The van der Waals surface area contributed by atoms with Crippen molar-refractivity contribution in [2.75, 3.05) is 14.2 Å². The summed E-state index contributed by atoms with van der Waals surface area (Å²) in [5.41, 5.74) is 2.77. The number of amides is 2. The Morgan fingerprint density at radius 2 is 1.52 bits per heavy atom. The smallest absolute Gasteiger partial charge is 0.243 e. The molecule has 1 unspecified atom stereocenters. The Balaban J connectivity index is 1.83. The average molecular weight is 447 g/mol. The van der Waals surface area contributed by atoms with Gasteiger partial charge in [-0.3, -0.25) is 9.59 Å². The molecule has 0 aliphatic carbocycles. The highest BCUT2D eigenvalue weighted by molar-refractivity contribution is 5.87. The minimum atomic E-state index is -0.665. The highest BCUT2D eigenvalue weighted by Gasteiger charge is 2.28. The maximum atomic E-state index is 13.4. The molecule has 6 nitrogen and oxygen atoms in total. The van der Waals surface area contributed by atoms with Crippen molar-refractivity contribution in [2.24, 2.45) is 0 Å². The summed E-state index contributed by atoms with van der Waals surface area (Å²) in [6.07, 6.45) is 0.411. The number of carbonyl (C=O) groups is 2. The summed E-state index contributed by atoms with van der Waals surface area (Å²) in [5, 5.41) is 3.00. The van der Waals surface area contributed by atoms with Gasteiger partial charge in [0.1, 0.15) is 17.5 Å². The van der Waals surface area contributed by atoms with E-state index in [9.17, 15) is 9.59 Å². The molecule has 6 heteroatoms. The van der Waals surface area contributed by atoms with Crippen molar-refractivity contribution >= 4 is 11.8 Å². The van der Waals surface area contributed by atoms with E-state index >= 15 is 0 Å². The standard InChI is InChI=1S/C27H30N2O4/c1-20(30)29(19-22-13-15-24(32-2)16-14-22)25(17-21-9-5-4-6-10-21)27(31)28-18-23-11-7-8-12-26(23)33-3/h4-16,25H,17-19H2,1-3H3,(H,28,31). The summed E-state index contributed by atoms with van der Waals surface area (Å²) in [6, 6.07) is 24.1. The highest BCUT2D eigenvalue weighted by atomic mass is 16.5. The van der Waals surface area contributed by atoms with E-state index in [0.717, 1.165) is 22.4 Å². The van der Waals surface area contributed by atoms with Gasteiger partial charge < -0.3 is 19.7 Å². The van der Waals surface area contributed by atoms with Crippen LogP contribution in [0.3, 0.4) is 0 Å². The number of nitrogens with one attached hydrogen (secondary N) is 1. The van der Waals surface area contributed by atoms with Crippen molar-refractivity contribution < 1.29 is 19.1 Å². The molecule has 0 spiro atoms. The lowest BCUT2D eigenvalue weighted by molar-refractivity contribution is -0.139. The van der Waals surface area contributed by atoms with Gasteiger partial charge in [-0.2, -0.15) is 0 Å². The quantitative estimate of drug-likeness (QED) is 0.512. The van der Waals surface area contributed by atoms with Crippen molar-refractivity contribution in [1.82, 2.24) is 10.2 Å². The second kappa shape index (κ2) is 11.7. The highest BCUT2D eigenvalue weighted by Crippen LogP contribution is 2.19. The molecule has 0 radical (unpaired) electrons. The fourth-order valence-corrected chi connectivity index (χ4v) is 3.70. The molecule has 1 atom stereocenters. The van der Waals surface area contributed by atoms with E-state index in [2.05, 4.69) is 5.32 Å². The van der Waals surface area contributed by atoms with Gasteiger partial charge in [0.15, 0.2) is 0 Å². The van der Waals surface area contributed by atoms with Crippen LogP contribution >= 0.6 is 0 Å². The molecule has 172 valence electrons. The molecule has 0 aromatic heterocycles. The second-order valence-corrected chi connectivity index (χ2v) is 7.73. The van der Waals surface area contributed by atoms with Gasteiger partial charge in [0.2, 0.25) is 11.8 Å². The van der Waals surface area contributed by atoms with Crippen LogP contribution in [0.2, 0.25) is 0 Å². The maximum absolute atomic E-state index is 13.4. The van der Waals surface area contributed by atoms with Crippen molar-refractivity contribution in [3.05, 3.63) is 95.6 Å². The third-order valence-electron chi connectivity index (χ3n) is 5.51. The number of ether oxygens (including phenoxy) is 2. The predicted octanol–water partition coefficient (Wildman–Crippen LogP) is 3.98. The van der Waals surface area contributed by atoms with Crippen LogP contribution in [-0.4, -0.2) is 37.0 Å². The van der Waals surface area contributed by atoms with E-state index in [1.54, 1.807) is 19.1 Å². The summed E-state index contributed by atoms with van der Waals surface area (Å²) in [4.78, 5) is 27.7. The number of para-hydroxylation sites is 1. The fraction of sp³-hybridized carbons (Fsp3) is 0.259. The van der Waals surface area contributed by atoms with Crippen LogP contribution in [0, 0.1) is 0 Å². The topological polar surface area (TPSA) is 67.9 Å². The van der Waals surface area contributed by atoms with Crippen LogP contribution in [0.4, 0.5) is 0 Å². The Hall–Kier alpha value is -3.80. The SMILES string of the molecule is COc1ccc(CN(C(C)=O)C(Cc2ccccc2)C(=O)NCc2ccccc2OC)cc1. The molecule has 3 rings (SSSR count). The molecular weight excluding hydrogens is 416 g/mol. The molecule has 3 aromatic rings. The third-order valence-corrected chi connectivity index (χ3v) is 5.51. The summed E-state index contributed by atoms with van der Waals surface area (Å²) in [7, 11) is 3.21. The number of carbonyl (C=O) groups excluding carboxylic acids is 2. The molecule has 0 heterocycles. The van der Waals surface area contributed by atoms with E-state index in [1.165, 1.54) is 6.92 Å². The fourth-order valence-electron chi connectivity index (χ4n) is 3.70. The van der Waals surface area contributed by atoms with Crippen LogP contribution in [0.1, 0.15) is 23.6 Å². The van der Waals surface area contributed by atoms with Crippen LogP contribution < -0.4 is 14.8 Å². The molecule has 1 N–H and O–H groups in total. The molecule has 0 saturated heterocycles. The number of rotatable bonds is 10. The third kappa shape index (κ3) is 6.59. The van der Waals surface area contributed by atoms with Crippen molar-refractivity contribution in [3.8, 4) is 11.5 Å². The maximum Gasteiger partial charge on any atom is 0.243 e. The normalized spacial score (nSPS) is 11.4. The van der Waals surface area contributed by atoms with E-state index in [-0.39, 0.29) is 11.8 Å². The van der Waals surface area contributed by atoms with E-state index in [0.29, 0.717) is 25.3 Å². The molecule has 3 aromatic carbocycles. The minimum absolute atomic E-state index is 0.167. The van der Waals surface area contributed by atoms with Gasteiger partial charge in [-0.15, -0.1) is 0 Å². The molecule has 33 heavy (non-hydrogen) atoms. The lowest BCUT2D eigenvalue weighted by atomic mass is 10.0. The summed E-state index contributed by atoms with van der Waals surface area (Å²) < 4.78 is 10.6. The number of hydrogen-bond acceptors (Lipinski definition) is 4. The van der Waals surface area contributed by atoms with Crippen molar-refractivity contribution in [2.45, 2.75) is 32.5 Å². The van der Waals surface area contributed by atoms with Crippen molar-refractivity contribution in [3.63, 3.8) is 0 Å². The molecular formula is C27H30N2O4. The first-order valence-corrected chi connectivity index (χ1v) is 10.9. The zero-order chi connectivity index (χ0) is 23.6. The van der Waals surface area contributed by atoms with E-state index < -0.39 is 6.04 Å². The van der Waals surface area contributed by atoms with Gasteiger partial charge in [0.25, 0.3) is 0 Å². The van der Waals surface area contributed by atoms with Gasteiger partial charge in [-0.25, -0.2) is 0 Å². The van der Waals surface area contributed by atoms with Gasteiger partial charge >= 0.3 is 0 Å².